The molecule has 0 unspecified atom stereocenters. The van der Waals surface area contributed by atoms with E-state index in [-0.39, 0.29) is 18.0 Å². The zero-order valence-electron chi connectivity index (χ0n) is 29.8. The third-order valence-electron chi connectivity index (χ3n) is 10.9. The van der Waals surface area contributed by atoms with Gasteiger partial charge in [-0.2, -0.15) is 0 Å². The molecule has 0 spiro atoms. The molecule has 2 N–H and O–H groups in total. The maximum Gasteiger partial charge on any atom is 0.258 e. The first kappa shape index (κ1) is 34.1. The number of anilines is 3. The third-order valence-corrected chi connectivity index (χ3v) is 10.9. The number of aryl methyl sites for hydroxylation is 1. The van der Waals surface area contributed by atoms with E-state index in [1.54, 1.807) is 25.4 Å². The lowest BCUT2D eigenvalue weighted by molar-refractivity contribution is -0.123. The summed E-state index contributed by atoms with van der Waals surface area (Å²) in [5.74, 6) is 0.138. The maximum atomic E-state index is 13.9. The number of imidazole rings is 1. The smallest absolute Gasteiger partial charge is 0.258 e. The Morgan fingerprint density at radius 3 is 2.42 bits per heavy atom. The molecular formula is C39H47F2N7O2. The number of nitrogens with zero attached hydrogens (tertiary/aromatic N) is 5. The number of likely N-dealkylation sites (tertiary alicyclic amines) is 1. The van der Waals surface area contributed by atoms with Crippen LogP contribution in [0.15, 0.2) is 48.8 Å². The van der Waals surface area contributed by atoms with Gasteiger partial charge in [-0.05, 0) is 116 Å². The molecule has 2 aromatic heterocycles. The first-order valence-corrected chi connectivity index (χ1v) is 17.9. The Bertz CT molecular complexity index is 1940. The number of hydrogen-bond acceptors (Lipinski definition) is 6. The first-order valence-electron chi connectivity index (χ1n) is 17.9. The van der Waals surface area contributed by atoms with Crippen molar-refractivity contribution in [1.82, 2.24) is 24.8 Å². The van der Waals surface area contributed by atoms with Gasteiger partial charge in [-0.25, -0.2) is 18.7 Å². The van der Waals surface area contributed by atoms with Crippen molar-refractivity contribution >= 4 is 40.0 Å². The average molecular weight is 684 g/mol. The fourth-order valence-corrected chi connectivity index (χ4v) is 7.77. The van der Waals surface area contributed by atoms with E-state index < -0.39 is 23.8 Å². The van der Waals surface area contributed by atoms with Crippen LogP contribution in [0.5, 0.6) is 0 Å². The Hall–Kier alpha value is -4.38. The topological polar surface area (TPSA) is 95.4 Å². The first-order chi connectivity index (χ1) is 23.8. The van der Waals surface area contributed by atoms with Crippen LogP contribution in [-0.4, -0.2) is 68.9 Å². The normalized spacial score (nSPS) is 21.1. The number of hydrogen-bond donors (Lipinski definition) is 2. The molecule has 2 aliphatic heterocycles. The Kier molecular flexibility index (Phi) is 8.90. The second-order valence-electron chi connectivity index (χ2n) is 15.1. The predicted octanol–water partition coefficient (Wildman–Crippen LogP) is 7.76. The molecule has 1 atom stereocenters. The van der Waals surface area contributed by atoms with Crippen molar-refractivity contribution in [2.45, 2.75) is 110 Å². The Morgan fingerprint density at radius 2 is 1.72 bits per heavy atom. The number of carbonyl (C=O) groups is 2. The second-order valence-corrected chi connectivity index (χ2v) is 15.1. The molecular weight excluding hydrogens is 636 g/mol. The molecule has 1 saturated heterocycles. The van der Waals surface area contributed by atoms with E-state index in [9.17, 15) is 18.4 Å². The van der Waals surface area contributed by atoms with Gasteiger partial charge in [0.25, 0.3) is 12.3 Å². The molecule has 0 radical (unpaired) electrons. The van der Waals surface area contributed by atoms with E-state index in [1.807, 2.05) is 36.6 Å². The lowest BCUT2D eigenvalue weighted by atomic mass is 9.82. The number of piperidine rings is 1. The van der Waals surface area contributed by atoms with Gasteiger partial charge in [0.1, 0.15) is 5.52 Å². The van der Waals surface area contributed by atoms with Gasteiger partial charge in [-0.3, -0.25) is 9.59 Å². The maximum absolute atomic E-state index is 13.9. The zero-order valence-corrected chi connectivity index (χ0v) is 29.8. The zero-order chi connectivity index (χ0) is 35.5. The molecule has 7 rings (SSSR count). The van der Waals surface area contributed by atoms with Crippen LogP contribution in [0, 0.1) is 6.92 Å². The third kappa shape index (κ3) is 6.03. The van der Waals surface area contributed by atoms with Crippen molar-refractivity contribution in [2.75, 3.05) is 23.3 Å². The summed E-state index contributed by atoms with van der Waals surface area (Å²) in [7, 11) is 0. The summed E-state index contributed by atoms with van der Waals surface area (Å²) in [6, 6.07) is 13.0. The number of benzene rings is 2. The average Bonchev–Trinajstić information content (AvgIpc) is 3.59. The standard InChI is InChI=1S/C39H47F2N7O2/c1-22(2)47-21-42-32-20-31(45-36(34(32)47)44-26-12-10-23(3)29(17-26)37(49)43-24(4)35(40)41)25-11-13-30-33(16-25)48(38(50)39(30,5)6)28-18-27(19-28)46-14-8-7-9-15-46/h10-13,16-17,20-22,24,27-28,35H,7-9,14-15,18-19H2,1-6H3,(H,43,49)(H,44,45)/t24-,27-,28+/m1/s1. The molecule has 9 nitrogen and oxygen atoms in total. The monoisotopic (exact) mass is 683 g/mol. The number of halogens is 2. The van der Waals surface area contributed by atoms with E-state index in [1.165, 1.54) is 26.2 Å². The van der Waals surface area contributed by atoms with E-state index in [0.29, 0.717) is 34.4 Å². The molecule has 3 aliphatic rings. The number of pyridine rings is 1. The van der Waals surface area contributed by atoms with Crippen molar-refractivity contribution in [1.29, 1.82) is 0 Å². The molecule has 4 heterocycles. The highest BCUT2D eigenvalue weighted by Gasteiger charge is 2.50. The minimum absolute atomic E-state index is 0.0985. The molecule has 0 bridgehead atoms. The lowest BCUT2D eigenvalue weighted by Crippen LogP contribution is -2.57. The van der Waals surface area contributed by atoms with Crippen LogP contribution in [0.25, 0.3) is 22.3 Å². The summed E-state index contributed by atoms with van der Waals surface area (Å²) in [4.78, 5) is 41.4. The molecule has 4 aromatic rings. The fraction of sp³-hybridized carbons (Fsp3) is 0.487. The van der Waals surface area contributed by atoms with Crippen LogP contribution < -0.4 is 15.5 Å². The van der Waals surface area contributed by atoms with Crippen molar-refractivity contribution in [2.24, 2.45) is 0 Å². The van der Waals surface area contributed by atoms with Crippen molar-refractivity contribution in [3.8, 4) is 11.3 Å². The Balaban J connectivity index is 1.24. The SMILES string of the molecule is Cc1ccc(Nc2nc(-c3ccc4c(c3)N([C@H]3C[C@@H](N5CCCCC5)C3)C(=O)C4(C)C)cc3ncn(C(C)C)c23)cc1C(=O)N[C@H](C)C(F)F. The van der Waals surface area contributed by atoms with Crippen LogP contribution in [0.2, 0.25) is 0 Å². The van der Waals surface area contributed by atoms with E-state index in [0.717, 1.165) is 53.8 Å². The van der Waals surface area contributed by atoms with Gasteiger partial charge in [0.2, 0.25) is 5.91 Å². The summed E-state index contributed by atoms with van der Waals surface area (Å²) in [5, 5.41) is 5.82. The number of alkyl halides is 2. The molecule has 2 fully saturated rings. The minimum atomic E-state index is -2.67. The molecule has 50 heavy (non-hydrogen) atoms. The molecule has 264 valence electrons. The second kappa shape index (κ2) is 13.1. The molecule has 2 amide bonds. The lowest BCUT2D eigenvalue weighted by Gasteiger charge is -2.48. The van der Waals surface area contributed by atoms with Gasteiger partial charge in [-0.1, -0.05) is 24.6 Å². The van der Waals surface area contributed by atoms with Gasteiger partial charge < -0.3 is 25.0 Å². The molecule has 1 aliphatic carbocycles. The van der Waals surface area contributed by atoms with Gasteiger partial charge >= 0.3 is 0 Å². The van der Waals surface area contributed by atoms with Crippen molar-refractivity contribution in [3.05, 3.63) is 65.5 Å². The van der Waals surface area contributed by atoms with Gasteiger partial charge in [-0.15, -0.1) is 0 Å². The summed E-state index contributed by atoms with van der Waals surface area (Å²) < 4.78 is 28.5. The summed E-state index contributed by atoms with van der Waals surface area (Å²) >= 11 is 0. The quantitative estimate of drug-likeness (QED) is 0.187. The van der Waals surface area contributed by atoms with Crippen LogP contribution in [-0.2, 0) is 10.2 Å². The van der Waals surface area contributed by atoms with Gasteiger partial charge in [0.15, 0.2) is 5.82 Å². The molecule has 2 aromatic carbocycles. The fourth-order valence-electron chi connectivity index (χ4n) is 7.77. The van der Waals surface area contributed by atoms with Crippen LogP contribution in [0.4, 0.5) is 26.0 Å². The summed E-state index contributed by atoms with van der Waals surface area (Å²) in [6.45, 7) is 13.5. The number of rotatable bonds is 9. The minimum Gasteiger partial charge on any atom is -0.344 e. The van der Waals surface area contributed by atoms with E-state index in [4.69, 9.17) is 9.97 Å². The van der Waals surface area contributed by atoms with Crippen molar-refractivity contribution in [3.63, 3.8) is 0 Å². The van der Waals surface area contributed by atoms with Gasteiger partial charge in [0.05, 0.1) is 29.0 Å². The van der Waals surface area contributed by atoms with Crippen LogP contribution in [0.3, 0.4) is 0 Å². The largest absolute Gasteiger partial charge is 0.344 e. The van der Waals surface area contributed by atoms with Crippen molar-refractivity contribution < 1.29 is 18.4 Å². The summed E-state index contributed by atoms with van der Waals surface area (Å²) in [5.41, 5.74) is 6.06. The number of carbonyl (C=O) groups excluding carboxylic acids is 2. The van der Waals surface area contributed by atoms with Crippen LogP contribution >= 0.6 is 0 Å². The highest BCUT2D eigenvalue weighted by Crippen LogP contribution is 2.48. The van der Waals surface area contributed by atoms with Crippen LogP contribution in [0.1, 0.15) is 94.2 Å². The molecule has 11 heteroatoms. The van der Waals surface area contributed by atoms with Gasteiger partial charge in [0, 0.05) is 40.6 Å². The number of nitrogens with one attached hydrogen (secondary N) is 2. The Labute approximate surface area is 292 Å². The highest BCUT2D eigenvalue weighted by atomic mass is 19.3. The number of aromatic nitrogens is 3. The summed E-state index contributed by atoms with van der Waals surface area (Å²) in [6.07, 6.45) is 4.94. The number of fused-ring (bicyclic) bond motifs is 2. The number of amides is 2. The predicted molar refractivity (Wildman–Crippen MR) is 193 cm³/mol. The highest BCUT2D eigenvalue weighted by molar-refractivity contribution is 6.09. The van der Waals surface area contributed by atoms with E-state index in [2.05, 4.69) is 46.4 Å². The van der Waals surface area contributed by atoms with E-state index >= 15 is 0 Å². The molecule has 1 saturated carbocycles. The Morgan fingerprint density at radius 1 is 0.980 bits per heavy atom.